The topological polar surface area (TPSA) is 38.3 Å². The SMILES string of the molecule is CCC(NC1CC1(C)C)C(=O)OC. The van der Waals surface area contributed by atoms with Crippen molar-refractivity contribution in [3.63, 3.8) is 0 Å². The Hall–Kier alpha value is -0.570. The zero-order valence-electron chi connectivity index (χ0n) is 8.89. The van der Waals surface area contributed by atoms with Crippen molar-refractivity contribution in [3.05, 3.63) is 0 Å². The third kappa shape index (κ3) is 2.44. The molecule has 1 aliphatic carbocycles. The maximum absolute atomic E-state index is 11.2. The van der Waals surface area contributed by atoms with Crippen molar-refractivity contribution in [3.8, 4) is 0 Å². The van der Waals surface area contributed by atoms with Crippen LogP contribution in [0.25, 0.3) is 0 Å². The van der Waals surface area contributed by atoms with E-state index in [2.05, 4.69) is 19.2 Å². The minimum Gasteiger partial charge on any atom is -0.468 e. The lowest BCUT2D eigenvalue weighted by molar-refractivity contribution is -0.143. The van der Waals surface area contributed by atoms with Gasteiger partial charge in [0.25, 0.3) is 0 Å². The molecular weight excluding hydrogens is 166 g/mol. The minimum absolute atomic E-state index is 0.128. The first-order chi connectivity index (χ1) is 6.01. The summed E-state index contributed by atoms with van der Waals surface area (Å²) in [7, 11) is 1.44. The zero-order chi connectivity index (χ0) is 10.1. The fraction of sp³-hybridized carbons (Fsp3) is 0.900. The standard InChI is InChI=1S/C10H19NO2/c1-5-7(9(12)13-4)11-8-6-10(8,2)3/h7-8,11H,5-6H2,1-4H3. The number of methoxy groups -OCH3 is 1. The summed E-state index contributed by atoms with van der Waals surface area (Å²) in [4.78, 5) is 11.2. The summed E-state index contributed by atoms with van der Waals surface area (Å²) >= 11 is 0. The van der Waals surface area contributed by atoms with Crippen LogP contribution in [-0.4, -0.2) is 25.2 Å². The van der Waals surface area contributed by atoms with Gasteiger partial charge in [0.2, 0.25) is 0 Å². The Kier molecular flexibility index (Phi) is 2.96. The second-order valence-electron chi connectivity index (χ2n) is 4.40. The first kappa shape index (κ1) is 10.5. The van der Waals surface area contributed by atoms with E-state index >= 15 is 0 Å². The van der Waals surface area contributed by atoms with Gasteiger partial charge in [0.05, 0.1) is 7.11 Å². The monoisotopic (exact) mass is 185 g/mol. The second kappa shape index (κ2) is 3.66. The molecule has 0 aromatic carbocycles. The number of rotatable bonds is 4. The molecule has 0 radical (unpaired) electrons. The average Bonchev–Trinajstić information content (AvgIpc) is 2.68. The van der Waals surface area contributed by atoms with Crippen LogP contribution in [0.4, 0.5) is 0 Å². The minimum atomic E-state index is -0.148. The molecule has 0 aromatic rings. The van der Waals surface area contributed by atoms with Crippen molar-refractivity contribution in [2.24, 2.45) is 5.41 Å². The van der Waals surface area contributed by atoms with Gasteiger partial charge in [-0.2, -0.15) is 0 Å². The van der Waals surface area contributed by atoms with Crippen LogP contribution >= 0.6 is 0 Å². The Labute approximate surface area is 79.8 Å². The van der Waals surface area contributed by atoms with E-state index < -0.39 is 0 Å². The molecule has 0 aliphatic heterocycles. The van der Waals surface area contributed by atoms with Gasteiger partial charge in [-0.3, -0.25) is 4.79 Å². The Morgan fingerprint density at radius 2 is 2.23 bits per heavy atom. The third-order valence-electron chi connectivity index (χ3n) is 2.81. The van der Waals surface area contributed by atoms with E-state index in [4.69, 9.17) is 4.74 Å². The number of carbonyl (C=O) groups excluding carboxylic acids is 1. The van der Waals surface area contributed by atoms with Gasteiger partial charge in [0, 0.05) is 6.04 Å². The molecule has 1 rings (SSSR count). The first-order valence-electron chi connectivity index (χ1n) is 4.85. The van der Waals surface area contributed by atoms with E-state index in [1.54, 1.807) is 0 Å². The molecule has 0 saturated heterocycles. The lowest BCUT2D eigenvalue weighted by Crippen LogP contribution is -2.39. The van der Waals surface area contributed by atoms with Crippen LogP contribution in [0.15, 0.2) is 0 Å². The second-order valence-corrected chi connectivity index (χ2v) is 4.40. The van der Waals surface area contributed by atoms with Gasteiger partial charge in [-0.05, 0) is 18.3 Å². The quantitative estimate of drug-likeness (QED) is 0.671. The molecule has 76 valence electrons. The molecule has 0 bridgehead atoms. The molecule has 13 heavy (non-hydrogen) atoms. The van der Waals surface area contributed by atoms with Crippen molar-refractivity contribution < 1.29 is 9.53 Å². The Morgan fingerprint density at radius 3 is 2.54 bits per heavy atom. The highest BCUT2D eigenvalue weighted by atomic mass is 16.5. The van der Waals surface area contributed by atoms with Gasteiger partial charge < -0.3 is 10.1 Å². The van der Waals surface area contributed by atoms with Crippen LogP contribution in [0.3, 0.4) is 0 Å². The molecular formula is C10H19NO2. The molecule has 0 amide bonds. The van der Waals surface area contributed by atoms with E-state index in [9.17, 15) is 4.79 Å². The number of ether oxygens (including phenoxy) is 1. The maximum Gasteiger partial charge on any atom is 0.322 e. The van der Waals surface area contributed by atoms with Crippen molar-refractivity contribution in [1.82, 2.24) is 5.32 Å². The summed E-state index contributed by atoms with van der Waals surface area (Å²) in [6.45, 7) is 6.40. The highest BCUT2D eigenvalue weighted by Gasteiger charge is 2.46. The molecule has 3 nitrogen and oxygen atoms in total. The van der Waals surface area contributed by atoms with E-state index in [-0.39, 0.29) is 12.0 Å². The van der Waals surface area contributed by atoms with Crippen LogP contribution in [0.1, 0.15) is 33.6 Å². The van der Waals surface area contributed by atoms with Crippen LogP contribution in [0.2, 0.25) is 0 Å². The molecule has 1 saturated carbocycles. The van der Waals surface area contributed by atoms with Gasteiger partial charge in [0.1, 0.15) is 6.04 Å². The molecule has 2 atom stereocenters. The smallest absolute Gasteiger partial charge is 0.322 e. The van der Waals surface area contributed by atoms with Crippen LogP contribution < -0.4 is 5.32 Å². The Morgan fingerprint density at radius 1 is 1.69 bits per heavy atom. The molecule has 0 spiro atoms. The molecule has 0 aromatic heterocycles. The van der Waals surface area contributed by atoms with Crippen molar-refractivity contribution in [2.75, 3.05) is 7.11 Å². The molecule has 1 fully saturated rings. The fourth-order valence-electron chi connectivity index (χ4n) is 1.49. The van der Waals surface area contributed by atoms with Crippen molar-refractivity contribution in [1.29, 1.82) is 0 Å². The average molecular weight is 185 g/mol. The molecule has 1 aliphatic rings. The molecule has 1 N–H and O–H groups in total. The van der Waals surface area contributed by atoms with Crippen molar-refractivity contribution in [2.45, 2.75) is 45.7 Å². The summed E-state index contributed by atoms with van der Waals surface area (Å²) in [5.74, 6) is -0.148. The highest BCUT2D eigenvalue weighted by molar-refractivity contribution is 5.75. The first-order valence-corrected chi connectivity index (χ1v) is 4.85. The largest absolute Gasteiger partial charge is 0.468 e. The molecule has 0 heterocycles. The lowest BCUT2D eigenvalue weighted by atomic mass is 10.1. The Bertz CT molecular complexity index is 201. The summed E-state index contributed by atoms with van der Waals surface area (Å²) in [5, 5.41) is 3.31. The predicted octanol–water partition coefficient (Wildman–Crippen LogP) is 1.33. The Balaban J connectivity index is 2.38. The van der Waals surface area contributed by atoms with E-state index in [0.717, 1.165) is 12.8 Å². The number of nitrogens with one attached hydrogen (secondary N) is 1. The van der Waals surface area contributed by atoms with Crippen LogP contribution in [0, 0.1) is 5.41 Å². The maximum atomic E-state index is 11.2. The summed E-state index contributed by atoms with van der Waals surface area (Å²) in [5.41, 5.74) is 0.363. The fourth-order valence-corrected chi connectivity index (χ4v) is 1.49. The number of hydrogen-bond donors (Lipinski definition) is 1. The predicted molar refractivity (Wildman–Crippen MR) is 51.4 cm³/mol. The summed E-state index contributed by atoms with van der Waals surface area (Å²) in [6, 6.07) is 0.355. The van der Waals surface area contributed by atoms with Crippen LogP contribution in [-0.2, 0) is 9.53 Å². The van der Waals surface area contributed by atoms with E-state index in [1.807, 2.05) is 6.92 Å². The summed E-state index contributed by atoms with van der Waals surface area (Å²) in [6.07, 6.45) is 1.94. The van der Waals surface area contributed by atoms with Gasteiger partial charge >= 0.3 is 5.97 Å². The van der Waals surface area contributed by atoms with E-state index in [0.29, 0.717) is 11.5 Å². The normalized spacial score (nSPS) is 26.6. The highest BCUT2D eigenvalue weighted by Crippen LogP contribution is 2.44. The molecule has 2 unspecified atom stereocenters. The van der Waals surface area contributed by atoms with Gasteiger partial charge in [-0.15, -0.1) is 0 Å². The van der Waals surface area contributed by atoms with Crippen LogP contribution in [0.5, 0.6) is 0 Å². The number of esters is 1. The lowest BCUT2D eigenvalue weighted by Gasteiger charge is -2.15. The van der Waals surface area contributed by atoms with Crippen molar-refractivity contribution >= 4 is 5.97 Å². The third-order valence-corrected chi connectivity index (χ3v) is 2.81. The number of hydrogen-bond acceptors (Lipinski definition) is 3. The van der Waals surface area contributed by atoms with Gasteiger partial charge in [0.15, 0.2) is 0 Å². The van der Waals surface area contributed by atoms with E-state index in [1.165, 1.54) is 7.11 Å². The zero-order valence-corrected chi connectivity index (χ0v) is 8.89. The number of carbonyl (C=O) groups is 1. The van der Waals surface area contributed by atoms with Gasteiger partial charge in [-0.25, -0.2) is 0 Å². The molecule has 3 heteroatoms. The van der Waals surface area contributed by atoms with Gasteiger partial charge in [-0.1, -0.05) is 20.8 Å². The summed E-state index contributed by atoms with van der Waals surface area (Å²) < 4.78 is 4.70.